The highest BCUT2D eigenvalue weighted by atomic mass is 35.5. The van der Waals surface area contributed by atoms with Crippen molar-refractivity contribution in [3.05, 3.63) is 58.6 Å². The summed E-state index contributed by atoms with van der Waals surface area (Å²) in [6, 6.07) is 12.4. The lowest BCUT2D eigenvalue weighted by atomic mass is 10.1. The maximum Gasteiger partial charge on any atom is 0.240 e. The number of ether oxygens (including phenoxy) is 1. The first-order valence-corrected chi connectivity index (χ1v) is 10.5. The van der Waals surface area contributed by atoms with Crippen LogP contribution in [0, 0.1) is 0 Å². The fraction of sp³-hybridized carbons (Fsp3) is 0.368. The molecule has 1 N–H and O–H groups in total. The van der Waals surface area contributed by atoms with Gasteiger partial charge in [0.25, 0.3) is 0 Å². The Morgan fingerprint density at radius 2 is 1.81 bits per heavy atom. The maximum atomic E-state index is 12.6. The Bertz CT molecular complexity index is 865. The molecule has 0 radical (unpaired) electrons. The molecule has 0 aliphatic carbocycles. The summed E-state index contributed by atoms with van der Waals surface area (Å²) < 4.78 is 32.9. The fourth-order valence-electron chi connectivity index (χ4n) is 3.14. The highest BCUT2D eigenvalue weighted by Gasteiger charge is 2.18. The predicted octanol–water partition coefficient (Wildman–Crippen LogP) is 3.42. The van der Waals surface area contributed by atoms with E-state index in [2.05, 4.69) is 15.7 Å². The Labute approximate surface area is 160 Å². The van der Waals surface area contributed by atoms with Gasteiger partial charge >= 0.3 is 0 Å². The number of methoxy groups -OCH3 is 1. The first-order chi connectivity index (χ1) is 12.5. The number of halogens is 1. The second-order valence-corrected chi connectivity index (χ2v) is 8.55. The molecule has 2 aromatic rings. The average Bonchev–Trinajstić information content (AvgIpc) is 3.14. The van der Waals surface area contributed by atoms with Gasteiger partial charge in [-0.2, -0.15) is 0 Å². The van der Waals surface area contributed by atoms with Crippen LogP contribution in [0.1, 0.15) is 24.0 Å². The Kier molecular flexibility index (Phi) is 6.19. The number of rotatable bonds is 7. The van der Waals surface area contributed by atoms with Gasteiger partial charge < -0.3 is 4.74 Å². The minimum atomic E-state index is -3.65. The molecule has 0 bridgehead atoms. The van der Waals surface area contributed by atoms with Crippen LogP contribution in [-0.4, -0.2) is 33.5 Å². The van der Waals surface area contributed by atoms with Gasteiger partial charge in [0.15, 0.2) is 0 Å². The Balaban J connectivity index is 1.72. The van der Waals surface area contributed by atoms with Crippen LogP contribution in [0.15, 0.2) is 47.4 Å². The zero-order chi connectivity index (χ0) is 18.6. The van der Waals surface area contributed by atoms with Gasteiger partial charge in [0.2, 0.25) is 10.0 Å². The zero-order valence-corrected chi connectivity index (χ0v) is 16.3. The van der Waals surface area contributed by atoms with Crippen LogP contribution in [0.4, 0.5) is 0 Å². The zero-order valence-electron chi connectivity index (χ0n) is 14.7. The van der Waals surface area contributed by atoms with Crippen molar-refractivity contribution < 1.29 is 13.2 Å². The molecule has 0 unspecified atom stereocenters. The van der Waals surface area contributed by atoms with E-state index in [9.17, 15) is 8.42 Å². The number of benzene rings is 2. The van der Waals surface area contributed by atoms with E-state index in [0.29, 0.717) is 5.75 Å². The summed E-state index contributed by atoms with van der Waals surface area (Å²) in [4.78, 5) is 2.52. The van der Waals surface area contributed by atoms with Crippen LogP contribution in [0.25, 0.3) is 0 Å². The summed E-state index contributed by atoms with van der Waals surface area (Å²) in [6.45, 7) is 3.30. The third-order valence-corrected chi connectivity index (χ3v) is 6.29. The van der Waals surface area contributed by atoms with E-state index in [-0.39, 0.29) is 16.5 Å². The summed E-state index contributed by atoms with van der Waals surface area (Å²) in [5.74, 6) is 0.446. The lowest BCUT2D eigenvalue weighted by Gasteiger charge is -2.18. The molecule has 0 aromatic heterocycles. The topological polar surface area (TPSA) is 58.6 Å². The maximum absolute atomic E-state index is 12.6. The second kappa shape index (κ2) is 8.39. The van der Waals surface area contributed by atoms with Crippen LogP contribution in [0.5, 0.6) is 5.75 Å². The van der Waals surface area contributed by atoms with Crippen molar-refractivity contribution in [1.29, 1.82) is 0 Å². The third kappa shape index (κ3) is 4.57. The van der Waals surface area contributed by atoms with Crippen molar-refractivity contribution in [1.82, 2.24) is 9.62 Å². The Hall–Kier alpha value is -1.60. The number of hydrogen-bond donors (Lipinski definition) is 1. The molecule has 7 heteroatoms. The molecule has 0 spiro atoms. The first kappa shape index (κ1) is 19.2. The highest BCUT2D eigenvalue weighted by Crippen LogP contribution is 2.27. The predicted molar refractivity (Wildman–Crippen MR) is 103 cm³/mol. The largest absolute Gasteiger partial charge is 0.495 e. The van der Waals surface area contributed by atoms with Crippen LogP contribution < -0.4 is 9.46 Å². The second-order valence-electron chi connectivity index (χ2n) is 6.37. The minimum absolute atomic E-state index is 0.125. The van der Waals surface area contributed by atoms with Crippen LogP contribution in [-0.2, 0) is 23.1 Å². The van der Waals surface area contributed by atoms with Gasteiger partial charge in [-0.15, -0.1) is 0 Å². The van der Waals surface area contributed by atoms with Crippen molar-refractivity contribution in [3.8, 4) is 5.75 Å². The van der Waals surface area contributed by atoms with Gasteiger partial charge in [-0.3, -0.25) is 4.90 Å². The van der Waals surface area contributed by atoms with E-state index in [1.54, 1.807) is 6.07 Å². The van der Waals surface area contributed by atoms with Crippen LogP contribution in [0.3, 0.4) is 0 Å². The number of nitrogens with one attached hydrogen (secondary N) is 1. The molecule has 0 saturated carbocycles. The van der Waals surface area contributed by atoms with Gasteiger partial charge in [-0.1, -0.05) is 35.9 Å². The molecule has 26 heavy (non-hydrogen) atoms. The number of hydrogen-bond acceptors (Lipinski definition) is 4. The van der Waals surface area contributed by atoms with Gasteiger partial charge in [0, 0.05) is 13.1 Å². The number of likely N-dealkylation sites (tertiary alicyclic amines) is 1. The van der Waals surface area contributed by atoms with E-state index >= 15 is 0 Å². The van der Waals surface area contributed by atoms with Crippen molar-refractivity contribution in [2.45, 2.75) is 30.8 Å². The summed E-state index contributed by atoms with van der Waals surface area (Å²) in [6.07, 6.45) is 2.46. The monoisotopic (exact) mass is 394 g/mol. The van der Waals surface area contributed by atoms with E-state index in [1.165, 1.54) is 32.1 Å². The summed E-state index contributed by atoms with van der Waals surface area (Å²) in [5, 5.41) is 0.268. The van der Waals surface area contributed by atoms with Gasteiger partial charge in [-0.25, -0.2) is 13.1 Å². The van der Waals surface area contributed by atoms with Gasteiger partial charge in [-0.05, 0) is 55.3 Å². The SMILES string of the molecule is COc1ccc(S(=O)(=O)NCc2ccccc2CN2CCCC2)cc1Cl. The Morgan fingerprint density at radius 3 is 2.46 bits per heavy atom. The standard InChI is InChI=1S/C19H23ClN2O3S/c1-25-19-9-8-17(12-18(19)20)26(23,24)21-13-15-6-2-3-7-16(15)14-22-10-4-5-11-22/h2-3,6-9,12,21H,4-5,10-11,13-14H2,1H3. The van der Waals surface area contributed by atoms with E-state index < -0.39 is 10.0 Å². The molecule has 1 heterocycles. The minimum Gasteiger partial charge on any atom is -0.495 e. The van der Waals surface area contributed by atoms with E-state index in [0.717, 1.165) is 30.8 Å². The summed E-state index contributed by atoms with van der Waals surface area (Å²) in [5.41, 5.74) is 2.15. The van der Waals surface area contributed by atoms with E-state index in [1.807, 2.05) is 18.2 Å². The molecule has 5 nitrogen and oxygen atoms in total. The van der Waals surface area contributed by atoms with Crippen LogP contribution in [0.2, 0.25) is 5.02 Å². The van der Waals surface area contributed by atoms with Gasteiger partial charge in [0.1, 0.15) is 5.75 Å². The molecule has 3 rings (SSSR count). The van der Waals surface area contributed by atoms with Gasteiger partial charge in [0.05, 0.1) is 17.0 Å². The lowest BCUT2D eigenvalue weighted by molar-refractivity contribution is 0.330. The van der Waals surface area contributed by atoms with Crippen molar-refractivity contribution in [3.63, 3.8) is 0 Å². The third-order valence-electron chi connectivity index (χ3n) is 4.60. The lowest BCUT2D eigenvalue weighted by Crippen LogP contribution is -2.25. The molecule has 1 saturated heterocycles. The number of sulfonamides is 1. The first-order valence-electron chi connectivity index (χ1n) is 8.62. The number of nitrogens with zero attached hydrogens (tertiary/aromatic N) is 1. The molecule has 2 aromatic carbocycles. The molecule has 0 amide bonds. The van der Waals surface area contributed by atoms with Crippen molar-refractivity contribution >= 4 is 21.6 Å². The van der Waals surface area contributed by atoms with Crippen LogP contribution >= 0.6 is 11.6 Å². The van der Waals surface area contributed by atoms with Crippen molar-refractivity contribution in [2.75, 3.05) is 20.2 Å². The quantitative estimate of drug-likeness (QED) is 0.781. The molecule has 140 valence electrons. The smallest absolute Gasteiger partial charge is 0.240 e. The molecule has 0 atom stereocenters. The molecule has 1 fully saturated rings. The van der Waals surface area contributed by atoms with Crippen molar-refractivity contribution in [2.24, 2.45) is 0 Å². The fourth-order valence-corrected chi connectivity index (χ4v) is 4.49. The average molecular weight is 395 g/mol. The summed E-state index contributed by atoms with van der Waals surface area (Å²) in [7, 11) is -2.16. The molecule has 1 aliphatic rings. The molecular formula is C19H23ClN2O3S. The highest BCUT2D eigenvalue weighted by molar-refractivity contribution is 7.89. The summed E-state index contributed by atoms with van der Waals surface area (Å²) >= 11 is 6.05. The normalized spacial score (nSPS) is 15.3. The Morgan fingerprint density at radius 1 is 1.12 bits per heavy atom. The molecular weight excluding hydrogens is 372 g/mol. The van der Waals surface area contributed by atoms with E-state index in [4.69, 9.17) is 16.3 Å². The molecule has 1 aliphatic heterocycles.